The van der Waals surface area contributed by atoms with Gasteiger partial charge in [-0.25, -0.2) is 4.98 Å². The van der Waals surface area contributed by atoms with Crippen molar-refractivity contribution in [2.75, 3.05) is 24.5 Å². The van der Waals surface area contributed by atoms with E-state index in [2.05, 4.69) is 10.3 Å². The number of hydrogen-bond acceptors (Lipinski definition) is 5. The average molecular weight is 239 g/mol. The first-order valence-electron chi connectivity index (χ1n) is 5.15. The molecule has 0 aromatic carbocycles. The Labute approximate surface area is 97.5 Å². The molecule has 1 amide bonds. The van der Waals surface area contributed by atoms with Gasteiger partial charge in [0.15, 0.2) is 10.9 Å². The highest BCUT2D eigenvalue weighted by atomic mass is 32.1. The molecule has 0 unspecified atom stereocenters. The van der Waals surface area contributed by atoms with Gasteiger partial charge in [0.2, 0.25) is 5.91 Å². The summed E-state index contributed by atoms with van der Waals surface area (Å²) in [6.45, 7) is 3.35. The van der Waals surface area contributed by atoms with Crippen LogP contribution in [0.5, 0.6) is 0 Å². The lowest BCUT2D eigenvalue weighted by Gasteiger charge is -2.16. The summed E-state index contributed by atoms with van der Waals surface area (Å²) in [6, 6.07) is 0. The number of aromatic nitrogens is 1. The third-order valence-electron chi connectivity index (χ3n) is 2.37. The summed E-state index contributed by atoms with van der Waals surface area (Å²) in [4.78, 5) is 29.2. The third kappa shape index (κ3) is 2.38. The van der Waals surface area contributed by atoms with E-state index in [1.807, 2.05) is 4.90 Å². The van der Waals surface area contributed by atoms with Crippen LogP contribution in [0, 0.1) is 0 Å². The van der Waals surface area contributed by atoms with E-state index in [9.17, 15) is 9.59 Å². The fourth-order valence-corrected chi connectivity index (χ4v) is 2.38. The highest BCUT2D eigenvalue weighted by Crippen LogP contribution is 2.23. The summed E-state index contributed by atoms with van der Waals surface area (Å²) in [7, 11) is 0. The number of nitrogens with zero attached hydrogens (tertiary/aromatic N) is 2. The van der Waals surface area contributed by atoms with Crippen LogP contribution in [-0.4, -0.2) is 36.3 Å². The van der Waals surface area contributed by atoms with Gasteiger partial charge in [-0.2, -0.15) is 0 Å². The fourth-order valence-electron chi connectivity index (χ4n) is 1.54. The van der Waals surface area contributed by atoms with E-state index in [1.54, 1.807) is 6.20 Å². The van der Waals surface area contributed by atoms with E-state index in [0.717, 1.165) is 18.1 Å². The van der Waals surface area contributed by atoms with Gasteiger partial charge in [0, 0.05) is 20.0 Å². The summed E-state index contributed by atoms with van der Waals surface area (Å²) in [5.74, 6) is 0.0279. The molecule has 6 heteroatoms. The number of anilines is 1. The molecule has 1 aromatic rings. The van der Waals surface area contributed by atoms with Crippen LogP contribution in [-0.2, 0) is 4.79 Å². The Morgan fingerprint density at radius 3 is 3.12 bits per heavy atom. The number of hydrogen-bond donors (Lipinski definition) is 1. The second-order valence-corrected chi connectivity index (χ2v) is 4.70. The van der Waals surface area contributed by atoms with Crippen molar-refractivity contribution in [1.29, 1.82) is 0 Å². The van der Waals surface area contributed by atoms with Gasteiger partial charge in [-0.3, -0.25) is 9.59 Å². The fraction of sp³-hybridized carbons (Fsp3) is 0.500. The van der Waals surface area contributed by atoms with E-state index >= 15 is 0 Å². The first kappa shape index (κ1) is 11.1. The summed E-state index contributed by atoms with van der Waals surface area (Å²) in [6.07, 6.45) is 2.48. The van der Waals surface area contributed by atoms with Crippen molar-refractivity contribution >= 4 is 28.2 Å². The molecule has 0 aliphatic carbocycles. The molecule has 1 N–H and O–H groups in total. The average Bonchev–Trinajstić information content (AvgIpc) is 2.63. The Morgan fingerprint density at radius 2 is 2.44 bits per heavy atom. The second kappa shape index (κ2) is 4.61. The van der Waals surface area contributed by atoms with E-state index in [1.165, 1.54) is 18.3 Å². The molecule has 1 aliphatic rings. The molecule has 0 bridgehead atoms. The van der Waals surface area contributed by atoms with Crippen molar-refractivity contribution in [3.8, 4) is 0 Å². The van der Waals surface area contributed by atoms with Crippen LogP contribution in [0.3, 0.4) is 0 Å². The highest BCUT2D eigenvalue weighted by Gasteiger charge is 2.18. The molecular weight excluding hydrogens is 226 g/mol. The van der Waals surface area contributed by atoms with Crippen LogP contribution >= 0.6 is 11.3 Å². The number of thiazole rings is 1. The van der Waals surface area contributed by atoms with Gasteiger partial charge in [0.1, 0.15) is 0 Å². The van der Waals surface area contributed by atoms with Crippen molar-refractivity contribution in [3.63, 3.8) is 0 Å². The van der Waals surface area contributed by atoms with Gasteiger partial charge in [0.05, 0.1) is 17.6 Å². The van der Waals surface area contributed by atoms with Crippen LogP contribution in [0.25, 0.3) is 0 Å². The number of Topliss-reactive ketones (excluding diaryl/α,β-unsaturated/α-hetero) is 1. The lowest BCUT2D eigenvalue weighted by molar-refractivity contribution is -0.119. The van der Waals surface area contributed by atoms with Gasteiger partial charge in [-0.15, -0.1) is 0 Å². The Balaban J connectivity index is 2.15. The van der Waals surface area contributed by atoms with Gasteiger partial charge >= 0.3 is 0 Å². The molecule has 0 atom stereocenters. The Morgan fingerprint density at radius 1 is 1.62 bits per heavy atom. The maximum atomic E-state index is 11.4. The molecule has 1 saturated heterocycles. The molecular formula is C10H13N3O2S. The molecule has 1 fully saturated rings. The predicted molar refractivity (Wildman–Crippen MR) is 62.0 cm³/mol. The molecule has 5 nitrogen and oxygen atoms in total. The zero-order valence-electron chi connectivity index (χ0n) is 9.02. The monoisotopic (exact) mass is 239 g/mol. The summed E-state index contributed by atoms with van der Waals surface area (Å²) in [5, 5.41) is 3.56. The Kier molecular flexibility index (Phi) is 3.19. The molecule has 0 spiro atoms. The standard InChI is InChI=1S/C10H13N3O2S/c1-7(14)8-5-12-10(16-8)13-4-2-3-11-9(15)6-13/h5H,2-4,6H2,1H3,(H,11,15). The van der Waals surface area contributed by atoms with E-state index < -0.39 is 0 Å². The highest BCUT2D eigenvalue weighted by molar-refractivity contribution is 7.17. The quantitative estimate of drug-likeness (QED) is 0.771. The maximum Gasteiger partial charge on any atom is 0.239 e. The van der Waals surface area contributed by atoms with Gasteiger partial charge < -0.3 is 10.2 Å². The van der Waals surface area contributed by atoms with Crippen LogP contribution in [0.2, 0.25) is 0 Å². The summed E-state index contributed by atoms with van der Waals surface area (Å²) < 4.78 is 0. The zero-order valence-corrected chi connectivity index (χ0v) is 9.84. The van der Waals surface area contributed by atoms with Gasteiger partial charge in [-0.05, 0) is 6.42 Å². The Bertz CT molecular complexity index is 416. The van der Waals surface area contributed by atoms with Crippen LogP contribution in [0.4, 0.5) is 5.13 Å². The lowest BCUT2D eigenvalue weighted by atomic mass is 10.4. The molecule has 1 aliphatic heterocycles. The number of nitrogens with one attached hydrogen (secondary N) is 1. The van der Waals surface area contributed by atoms with Crippen molar-refractivity contribution in [2.24, 2.45) is 0 Å². The van der Waals surface area contributed by atoms with Crippen molar-refractivity contribution in [3.05, 3.63) is 11.1 Å². The number of amides is 1. The molecule has 86 valence electrons. The Hall–Kier alpha value is -1.43. The minimum atomic E-state index is 0.0112. The largest absolute Gasteiger partial charge is 0.354 e. The predicted octanol–water partition coefficient (Wildman–Crippen LogP) is 0.672. The minimum Gasteiger partial charge on any atom is -0.354 e. The molecule has 2 rings (SSSR count). The smallest absolute Gasteiger partial charge is 0.239 e. The van der Waals surface area contributed by atoms with Crippen LogP contribution in [0.1, 0.15) is 23.0 Å². The van der Waals surface area contributed by atoms with E-state index in [4.69, 9.17) is 0 Å². The summed E-state index contributed by atoms with van der Waals surface area (Å²) >= 11 is 1.34. The number of ketones is 1. The molecule has 0 radical (unpaired) electrons. The minimum absolute atomic E-state index is 0.0112. The molecule has 16 heavy (non-hydrogen) atoms. The van der Waals surface area contributed by atoms with Crippen LogP contribution in [0.15, 0.2) is 6.20 Å². The van der Waals surface area contributed by atoms with E-state index in [-0.39, 0.29) is 11.7 Å². The van der Waals surface area contributed by atoms with E-state index in [0.29, 0.717) is 18.0 Å². The van der Waals surface area contributed by atoms with Crippen molar-refractivity contribution in [1.82, 2.24) is 10.3 Å². The first-order valence-corrected chi connectivity index (χ1v) is 5.97. The lowest BCUT2D eigenvalue weighted by Crippen LogP contribution is -2.32. The first-order chi connectivity index (χ1) is 7.66. The molecule has 2 heterocycles. The molecule has 0 saturated carbocycles. The van der Waals surface area contributed by atoms with Gasteiger partial charge in [0.25, 0.3) is 0 Å². The molecule has 1 aromatic heterocycles. The number of carbonyl (C=O) groups is 2. The van der Waals surface area contributed by atoms with Crippen LogP contribution < -0.4 is 10.2 Å². The maximum absolute atomic E-state index is 11.4. The normalized spacial score (nSPS) is 16.8. The topological polar surface area (TPSA) is 62.3 Å². The van der Waals surface area contributed by atoms with Crippen molar-refractivity contribution < 1.29 is 9.59 Å². The number of rotatable bonds is 2. The summed E-state index contributed by atoms with van der Waals surface area (Å²) in [5.41, 5.74) is 0. The SMILES string of the molecule is CC(=O)c1cnc(N2CCCNC(=O)C2)s1. The van der Waals surface area contributed by atoms with Crippen molar-refractivity contribution in [2.45, 2.75) is 13.3 Å². The second-order valence-electron chi connectivity index (χ2n) is 3.69. The third-order valence-corrected chi connectivity index (χ3v) is 3.53. The van der Waals surface area contributed by atoms with Gasteiger partial charge in [-0.1, -0.05) is 11.3 Å². The number of carbonyl (C=O) groups excluding carboxylic acids is 2. The zero-order chi connectivity index (χ0) is 11.5.